The van der Waals surface area contributed by atoms with E-state index in [9.17, 15) is 9.59 Å². The van der Waals surface area contributed by atoms with Gasteiger partial charge in [-0.05, 0) is 68.1 Å². The number of ether oxygens (including phenoxy) is 2. The van der Waals surface area contributed by atoms with E-state index in [-0.39, 0.29) is 15.6 Å². The van der Waals surface area contributed by atoms with Gasteiger partial charge in [0.1, 0.15) is 11.3 Å². The van der Waals surface area contributed by atoms with Gasteiger partial charge in [0.15, 0.2) is 0 Å². The Kier molecular flexibility index (Phi) is 4.73. The molecule has 4 saturated carbocycles. The van der Waals surface area contributed by atoms with E-state index in [4.69, 9.17) is 9.47 Å². The molecular weight excluding hydrogens is 410 g/mol. The molecule has 0 heterocycles. The van der Waals surface area contributed by atoms with Crippen LogP contribution in [0.15, 0.2) is 18.2 Å². The Morgan fingerprint density at radius 3 is 2.48 bits per heavy atom. The Balaban J connectivity index is 1.48. The van der Waals surface area contributed by atoms with E-state index in [1.807, 2.05) is 6.07 Å². The lowest BCUT2D eigenvalue weighted by molar-refractivity contribution is -0.144. The number of amides is 1. The molecule has 4 bridgehead atoms. The summed E-state index contributed by atoms with van der Waals surface area (Å²) in [4.78, 5) is 25.1. The molecule has 0 saturated heterocycles. The molecule has 5 rings (SSSR count). The molecule has 1 amide bonds. The van der Waals surface area contributed by atoms with Gasteiger partial charge in [0.2, 0.25) is 5.91 Å². The van der Waals surface area contributed by atoms with Crippen LogP contribution in [0.1, 0.15) is 54.4 Å². The normalized spacial score (nSPS) is 33.6. The summed E-state index contributed by atoms with van der Waals surface area (Å²) >= 11 is 3.96. The molecule has 1 aromatic rings. The third-order valence-electron chi connectivity index (χ3n) is 6.59. The van der Waals surface area contributed by atoms with Crippen LogP contribution in [0.2, 0.25) is 0 Å². The summed E-state index contributed by atoms with van der Waals surface area (Å²) < 4.78 is 10.2. The topological polar surface area (TPSA) is 64.6 Å². The van der Waals surface area contributed by atoms with Gasteiger partial charge >= 0.3 is 5.97 Å². The third-order valence-corrected chi connectivity index (χ3v) is 7.52. The van der Waals surface area contributed by atoms with Crippen LogP contribution in [0, 0.1) is 17.3 Å². The zero-order valence-corrected chi connectivity index (χ0v) is 17.4. The first-order valence-electron chi connectivity index (χ1n) is 9.59. The number of hydrogen-bond donors (Lipinski definition) is 1. The van der Waals surface area contributed by atoms with Crippen LogP contribution in [0.3, 0.4) is 0 Å². The number of benzene rings is 1. The summed E-state index contributed by atoms with van der Waals surface area (Å²) in [7, 11) is 2.87. The minimum absolute atomic E-state index is 0.159. The van der Waals surface area contributed by atoms with Crippen molar-refractivity contribution in [2.75, 3.05) is 14.2 Å². The maximum atomic E-state index is 13.2. The van der Waals surface area contributed by atoms with E-state index >= 15 is 0 Å². The molecule has 4 fully saturated rings. The number of esters is 1. The van der Waals surface area contributed by atoms with E-state index in [0.29, 0.717) is 29.7 Å². The summed E-state index contributed by atoms with van der Waals surface area (Å²) in [6.07, 6.45) is 6.66. The quantitative estimate of drug-likeness (QED) is 0.563. The van der Waals surface area contributed by atoms with Crippen molar-refractivity contribution in [1.82, 2.24) is 5.32 Å². The molecule has 0 radical (unpaired) electrons. The van der Waals surface area contributed by atoms with Gasteiger partial charge in [-0.15, -0.1) is 0 Å². The van der Waals surface area contributed by atoms with Crippen LogP contribution >= 0.6 is 15.9 Å². The zero-order chi connectivity index (χ0) is 19.2. The Bertz CT molecular complexity index is 763. The van der Waals surface area contributed by atoms with E-state index in [1.165, 1.54) is 33.5 Å². The molecule has 2 atom stereocenters. The fourth-order valence-electron chi connectivity index (χ4n) is 5.92. The van der Waals surface area contributed by atoms with Crippen molar-refractivity contribution in [3.05, 3.63) is 29.3 Å². The second kappa shape index (κ2) is 6.80. The van der Waals surface area contributed by atoms with Crippen LogP contribution in [0.4, 0.5) is 0 Å². The number of alkyl halides is 1. The number of rotatable bonds is 5. The third kappa shape index (κ3) is 3.37. The van der Waals surface area contributed by atoms with Gasteiger partial charge in [0.05, 0.1) is 19.6 Å². The largest absolute Gasteiger partial charge is 0.496 e. The predicted molar refractivity (Wildman–Crippen MR) is 105 cm³/mol. The van der Waals surface area contributed by atoms with Crippen LogP contribution < -0.4 is 10.1 Å². The minimum atomic E-state index is -0.442. The smallest absolute Gasteiger partial charge is 0.341 e. The monoisotopic (exact) mass is 435 g/mol. The van der Waals surface area contributed by atoms with E-state index in [0.717, 1.165) is 24.8 Å². The first kappa shape index (κ1) is 18.8. The van der Waals surface area contributed by atoms with Gasteiger partial charge in [0, 0.05) is 10.9 Å². The average molecular weight is 436 g/mol. The summed E-state index contributed by atoms with van der Waals surface area (Å²) in [5.41, 5.74) is 1.01. The molecule has 0 aliphatic heterocycles. The average Bonchev–Trinajstić information content (AvgIpc) is 2.63. The van der Waals surface area contributed by atoms with Crippen molar-refractivity contribution < 1.29 is 19.1 Å². The van der Waals surface area contributed by atoms with Gasteiger partial charge in [-0.2, -0.15) is 0 Å². The molecule has 6 heteroatoms. The lowest BCUT2D eigenvalue weighted by atomic mass is 9.49. The molecule has 146 valence electrons. The SMILES string of the molecule is COC(=O)c1cc(CNC(=O)C23CC4CC(CC(Br)(C4)C2)C3)ccc1OC. The Labute approximate surface area is 168 Å². The first-order chi connectivity index (χ1) is 12.9. The van der Waals surface area contributed by atoms with Gasteiger partial charge < -0.3 is 14.8 Å². The second-order valence-electron chi connectivity index (χ2n) is 8.60. The number of nitrogens with one attached hydrogen (secondary N) is 1. The van der Waals surface area contributed by atoms with Crippen LogP contribution in [0.5, 0.6) is 5.75 Å². The molecule has 4 aliphatic rings. The van der Waals surface area contributed by atoms with Crippen molar-refractivity contribution in [2.45, 2.75) is 49.4 Å². The molecule has 27 heavy (non-hydrogen) atoms. The van der Waals surface area contributed by atoms with Gasteiger partial charge in [-0.25, -0.2) is 4.79 Å². The first-order valence-corrected chi connectivity index (χ1v) is 10.4. The Hall–Kier alpha value is -1.56. The molecule has 1 N–H and O–H groups in total. The number of methoxy groups -OCH3 is 2. The van der Waals surface area contributed by atoms with Gasteiger partial charge in [-0.3, -0.25) is 4.79 Å². The van der Waals surface area contributed by atoms with E-state index < -0.39 is 5.97 Å². The number of carbonyl (C=O) groups is 2. The van der Waals surface area contributed by atoms with Gasteiger partial charge in [-0.1, -0.05) is 22.0 Å². The highest BCUT2D eigenvalue weighted by atomic mass is 79.9. The Morgan fingerprint density at radius 2 is 1.89 bits per heavy atom. The lowest BCUT2D eigenvalue weighted by Gasteiger charge is -2.59. The molecule has 0 spiro atoms. The summed E-state index contributed by atoms with van der Waals surface area (Å²) in [5, 5.41) is 3.14. The highest BCUT2D eigenvalue weighted by molar-refractivity contribution is 9.10. The summed E-state index contributed by atoms with van der Waals surface area (Å²) in [5.74, 6) is 1.53. The van der Waals surface area contributed by atoms with E-state index in [2.05, 4.69) is 21.2 Å². The number of carbonyl (C=O) groups excluding carboxylic acids is 2. The maximum Gasteiger partial charge on any atom is 0.341 e. The van der Waals surface area contributed by atoms with Crippen molar-refractivity contribution >= 4 is 27.8 Å². The molecule has 0 aromatic heterocycles. The molecule has 1 aromatic carbocycles. The summed E-state index contributed by atoms with van der Waals surface area (Å²) in [6, 6.07) is 5.35. The number of hydrogen-bond acceptors (Lipinski definition) is 4. The highest BCUT2D eigenvalue weighted by Gasteiger charge is 2.59. The van der Waals surface area contributed by atoms with E-state index in [1.54, 1.807) is 12.1 Å². The van der Waals surface area contributed by atoms with Gasteiger partial charge in [0.25, 0.3) is 0 Å². The molecule has 5 nitrogen and oxygen atoms in total. The maximum absolute atomic E-state index is 13.2. The standard InChI is InChI=1S/C21H26BrNO4/c1-26-17-4-3-13(6-16(17)18(24)27-2)11-23-19(25)20-7-14-5-15(8-20)10-21(22,9-14)12-20/h3-4,6,14-15H,5,7-12H2,1-2H3,(H,23,25). The second-order valence-corrected chi connectivity index (χ2v) is 10.3. The lowest BCUT2D eigenvalue weighted by Crippen LogP contribution is -2.58. The van der Waals surface area contributed by atoms with Crippen LogP contribution in [-0.4, -0.2) is 30.4 Å². The predicted octanol–water partition coefficient (Wildman–Crippen LogP) is 3.83. The van der Waals surface area contributed by atoms with Crippen molar-refractivity contribution in [3.63, 3.8) is 0 Å². The molecule has 4 aliphatic carbocycles. The highest BCUT2D eigenvalue weighted by Crippen LogP contribution is 2.64. The van der Waals surface area contributed by atoms with Crippen LogP contribution in [-0.2, 0) is 16.1 Å². The van der Waals surface area contributed by atoms with Crippen LogP contribution in [0.25, 0.3) is 0 Å². The summed E-state index contributed by atoms with van der Waals surface area (Å²) in [6.45, 7) is 0.402. The zero-order valence-electron chi connectivity index (χ0n) is 15.8. The Morgan fingerprint density at radius 1 is 1.19 bits per heavy atom. The molecule has 2 unspecified atom stereocenters. The fourth-order valence-corrected chi connectivity index (χ4v) is 7.37. The van der Waals surface area contributed by atoms with Crippen molar-refractivity contribution in [1.29, 1.82) is 0 Å². The van der Waals surface area contributed by atoms with Crippen molar-refractivity contribution in [2.24, 2.45) is 17.3 Å². The number of halogens is 1. The minimum Gasteiger partial charge on any atom is -0.496 e. The molecular formula is C21H26BrNO4. The fraction of sp³-hybridized carbons (Fsp3) is 0.619. The van der Waals surface area contributed by atoms with Crippen molar-refractivity contribution in [3.8, 4) is 5.75 Å².